The van der Waals surface area contributed by atoms with Crippen molar-refractivity contribution >= 4 is 44.8 Å². The highest BCUT2D eigenvalue weighted by atomic mass is 79.9. The lowest BCUT2D eigenvalue weighted by Crippen LogP contribution is -2.42. The van der Waals surface area contributed by atoms with Crippen LogP contribution in [0.3, 0.4) is 0 Å². The van der Waals surface area contributed by atoms with Gasteiger partial charge in [-0.2, -0.15) is 0 Å². The standard InChI is InChI=1S/C25H21BrN2O3/c1-28(2)19-13-7-16(8-14-19)25(15-22(29)27-18-11-9-17(26)10-12-18)23(30)20-5-3-4-6-21(20)24(25)31/h3-14H,15H2,1-2H3,(H,27,29). The van der Waals surface area contributed by atoms with Crippen LogP contribution in [-0.4, -0.2) is 31.6 Å². The second kappa shape index (κ2) is 8.12. The van der Waals surface area contributed by atoms with Gasteiger partial charge in [0.2, 0.25) is 5.91 Å². The molecule has 156 valence electrons. The molecule has 0 unspecified atom stereocenters. The van der Waals surface area contributed by atoms with E-state index in [1.54, 1.807) is 48.5 Å². The Hall–Kier alpha value is -3.25. The summed E-state index contributed by atoms with van der Waals surface area (Å²) in [5.41, 5.74) is 1.21. The van der Waals surface area contributed by atoms with Crippen molar-refractivity contribution in [3.05, 3.63) is 94.0 Å². The molecule has 4 rings (SSSR count). The lowest BCUT2D eigenvalue weighted by molar-refractivity contribution is -0.116. The second-order valence-electron chi connectivity index (χ2n) is 7.78. The topological polar surface area (TPSA) is 66.5 Å². The van der Waals surface area contributed by atoms with E-state index >= 15 is 0 Å². The van der Waals surface area contributed by atoms with E-state index in [0.29, 0.717) is 22.4 Å². The van der Waals surface area contributed by atoms with Crippen molar-refractivity contribution in [2.45, 2.75) is 11.8 Å². The molecular weight excluding hydrogens is 456 g/mol. The molecule has 1 aliphatic carbocycles. The number of benzene rings is 3. The van der Waals surface area contributed by atoms with Crippen molar-refractivity contribution in [1.82, 2.24) is 0 Å². The highest BCUT2D eigenvalue weighted by Crippen LogP contribution is 2.43. The maximum absolute atomic E-state index is 13.6. The van der Waals surface area contributed by atoms with E-state index in [4.69, 9.17) is 0 Å². The normalized spacial score (nSPS) is 14.3. The van der Waals surface area contributed by atoms with Crippen LogP contribution in [0.4, 0.5) is 11.4 Å². The molecule has 0 bridgehead atoms. The van der Waals surface area contributed by atoms with Crippen molar-refractivity contribution in [2.75, 3.05) is 24.3 Å². The lowest BCUT2D eigenvalue weighted by Gasteiger charge is -2.26. The number of carbonyl (C=O) groups excluding carboxylic acids is 3. The number of anilines is 2. The Morgan fingerprint density at radius 2 is 1.42 bits per heavy atom. The zero-order valence-electron chi connectivity index (χ0n) is 17.2. The number of amides is 1. The van der Waals surface area contributed by atoms with E-state index in [-0.39, 0.29) is 18.0 Å². The highest BCUT2D eigenvalue weighted by Gasteiger charge is 2.55. The molecule has 6 heteroatoms. The minimum atomic E-state index is -1.58. The van der Waals surface area contributed by atoms with Crippen LogP contribution in [0.25, 0.3) is 0 Å². The Kier molecular flexibility index (Phi) is 5.50. The number of ketones is 2. The smallest absolute Gasteiger partial charge is 0.226 e. The van der Waals surface area contributed by atoms with Gasteiger partial charge in [0.1, 0.15) is 5.41 Å². The van der Waals surface area contributed by atoms with Crippen LogP contribution in [0.15, 0.2) is 77.3 Å². The molecule has 0 fully saturated rings. The summed E-state index contributed by atoms with van der Waals surface area (Å²) in [6.07, 6.45) is -0.267. The molecule has 0 saturated heterocycles. The monoisotopic (exact) mass is 476 g/mol. The summed E-state index contributed by atoms with van der Waals surface area (Å²) in [5.74, 6) is -1.07. The quantitative estimate of drug-likeness (QED) is 0.533. The maximum atomic E-state index is 13.6. The van der Waals surface area contributed by atoms with Crippen molar-refractivity contribution in [2.24, 2.45) is 0 Å². The van der Waals surface area contributed by atoms with Crippen LogP contribution in [0.2, 0.25) is 0 Å². The molecule has 1 aliphatic rings. The fourth-order valence-electron chi connectivity index (χ4n) is 3.99. The fraction of sp³-hybridized carbons (Fsp3) is 0.160. The minimum absolute atomic E-state index is 0.267. The first-order chi connectivity index (χ1) is 14.8. The molecule has 0 spiro atoms. The van der Waals surface area contributed by atoms with Crippen molar-refractivity contribution in [3.63, 3.8) is 0 Å². The molecule has 3 aromatic carbocycles. The van der Waals surface area contributed by atoms with Crippen LogP contribution in [-0.2, 0) is 10.2 Å². The number of hydrogen-bond donors (Lipinski definition) is 1. The number of carbonyl (C=O) groups is 3. The van der Waals surface area contributed by atoms with Crippen molar-refractivity contribution in [3.8, 4) is 0 Å². The molecule has 0 atom stereocenters. The summed E-state index contributed by atoms with van der Waals surface area (Å²) in [5, 5.41) is 2.82. The first kappa shape index (κ1) is 21.0. The lowest BCUT2D eigenvalue weighted by atomic mass is 9.73. The molecule has 1 amide bonds. The first-order valence-corrected chi connectivity index (χ1v) is 10.6. The summed E-state index contributed by atoms with van der Waals surface area (Å²) in [6, 6.07) is 21.2. The Balaban J connectivity index is 1.75. The summed E-state index contributed by atoms with van der Waals surface area (Å²) >= 11 is 3.36. The van der Waals surface area contributed by atoms with E-state index in [2.05, 4.69) is 21.2 Å². The number of nitrogens with one attached hydrogen (secondary N) is 1. The van der Waals surface area contributed by atoms with E-state index in [9.17, 15) is 14.4 Å². The molecule has 0 radical (unpaired) electrons. The van der Waals surface area contributed by atoms with Crippen molar-refractivity contribution < 1.29 is 14.4 Å². The summed E-state index contributed by atoms with van der Waals surface area (Å²) in [4.78, 5) is 42.1. The molecule has 0 aliphatic heterocycles. The van der Waals surface area contributed by atoms with Crippen LogP contribution in [0.5, 0.6) is 0 Å². The maximum Gasteiger partial charge on any atom is 0.226 e. The largest absolute Gasteiger partial charge is 0.378 e. The van der Waals surface area contributed by atoms with Gasteiger partial charge in [-0.15, -0.1) is 0 Å². The molecular formula is C25H21BrN2O3. The van der Waals surface area contributed by atoms with Gasteiger partial charge in [0.25, 0.3) is 0 Å². The van der Waals surface area contributed by atoms with Crippen LogP contribution in [0.1, 0.15) is 32.7 Å². The number of rotatable bonds is 5. The van der Waals surface area contributed by atoms with Gasteiger partial charge in [0.15, 0.2) is 11.6 Å². The summed E-state index contributed by atoms with van der Waals surface area (Å²) in [6.45, 7) is 0. The van der Waals surface area contributed by atoms with Gasteiger partial charge in [0.05, 0.1) is 6.42 Å². The van der Waals surface area contributed by atoms with E-state index < -0.39 is 11.3 Å². The third-order valence-electron chi connectivity index (χ3n) is 5.62. The minimum Gasteiger partial charge on any atom is -0.378 e. The SMILES string of the molecule is CN(C)c1ccc(C2(CC(=O)Nc3ccc(Br)cc3)C(=O)c3ccccc3C2=O)cc1. The van der Waals surface area contributed by atoms with Gasteiger partial charge in [0, 0.05) is 41.1 Å². The van der Waals surface area contributed by atoms with E-state index in [1.807, 2.05) is 43.3 Å². The van der Waals surface area contributed by atoms with Gasteiger partial charge < -0.3 is 10.2 Å². The van der Waals surface area contributed by atoms with Crippen LogP contribution < -0.4 is 10.2 Å². The zero-order chi connectivity index (χ0) is 22.2. The third-order valence-corrected chi connectivity index (χ3v) is 6.15. The predicted octanol–water partition coefficient (Wildman–Crippen LogP) is 4.86. The number of nitrogens with zero attached hydrogens (tertiary/aromatic N) is 1. The van der Waals surface area contributed by atoms with Gasteiger partial charge >= 0.3 is 0 Å². The number of fused-ring (bicyclic) bond motifs is 1. The van der Waals surface area contributed by atoms with Crippen LogP contribution >= 0.6 is 15.9 Å². The number of hydrogen-bond acceptors (Lipinski definition) is 4. The molecule has 0 aromatic heterocycles. The van der Waals surface area contributed by atoms with E-state index in [1.165, 1.54) is 0 Å². The molecule has 1 N–H and O–H groups in total. The van der Waals surface area contributed by atoms with Gasteiger partial charge in [-0.1, -0.05) is 52.3 Å². The average molecular weight is 477 g/mol. The Labute approximate surface area is 189 Å². The molecule has 3 aromatic rings. The molecule has 5 nitrogen and oxygen atoms in total. The second-order valence-corrected chi connectivity index (χ2v) is 8.70. The van der Waals surface area contributed by atoms with Gasteiger partial charge in [-0.05, 0) is 42.0 Å². The zero-order valence-corrected chi connectivity index (χ0v) is 18.8. The molecule has 0 saturated carbocycles. The van der Waals surface area contributed by atoms with E-state index in [0.717, 1.165) is 10.2 Å². The third kappa shape index (κ3) is 3.68. The molecule has 31 heavy (non-hydrogen) atoms. The van der Waals surface area contributed by atoms with Gasteiger partial charge in [-0.3, -0.25) is 14.4 Å². The van der Waals surface area contributed by atoms with Crippen molar-refractivity contribution in [1.29, 1.82) is 0 Å². The predicted molar refractivity (Wildman–Crippen MR) is 125 cm³/mol. The summed E-state index contributed by atoms with van der Waals surface area (Å²) in [7, 11) is 3.83. The Morgan fingerprint density at radius 1 is 0.871 bits per heavy atom. The first-order valence-electron chi connectivity index (χ1n) is 9.85. The summed E-state index contributed by atoms with van der Waals surface area (Å²) < 4.78 is 0.888. The Morgan fingerprint density at radius 3 is 1.94 bits per heavy atom. The average Bonchev–Trinajstić information content (AvgIpc) is 2.98. The van der Waals surface area contributed by atoms with Gasteiger partial charge in [-0.25, -0.2) is 0 Å². The Bertz CT molecular complexity index is 1130. The van der Waals surface area contributed by atoms with Crippen LogP contribution in [0, 0.1) is 0 Å². The number of halogens is 1. The number of Topliss-reactive ketones (excluding diaryl/α,β-unsaturated/α-hetero) is 2. The highest BCUT2D eigenvalue weighted by molar-refractivity contribution is 9.10. The molecule has 0 heterocycles. The fourth-order valence-corrected chi connectivity index (χ4v) is 4.25.